The molecule has 2 rings (SSSR count). The third-order valence-electron chi connectivity index (χ3n) is 2.32. The first-order valence-corrected chi connectivity index (χ1v) is 5.94. The molecule has 0 aliphatic heterocycles. The summed E-state index contributed by atoms with van der Waals surface area (Å²) in [4.78, 5) is 17.4. The molecule has 2 heterocycles. The van der Waals surface area contributed by atoms with Gasteiger partial charge in [0, 0.05) is 13.6 Å². The van der Waals surface area contributed by atoms with Crippen molar-refractivity contribution in [2.45, 2.75) is 13.3 Å². The molecule has 0 saturated carbocycles. The highest BCUT2D eigenvalue weighted by Crippen LogP contribution is 2.12. The van der Waals surface area contributed by atoms with Crippen LogP contribution in [-0.4, -0.2) is 56.3 Å². The summed E-state index contributed by atoms with van der Waals surface area (Å²) in [6.45, 7) is 2.01. The van der Waals surface area contributed by atoms with Gasteiger partial charge in [-0.25, -0.2) is 13.8 Å². The number of halogens is 2. The maximum absolute atomic E-state index is 12.4. The third kappa shape index (κ3) is 3.33. The largest absolute Gasteiger partial charge is 0.354 e. The molecule has 20 heavy (non-hydrogen) atoms. The molecular weight excluding hydrogens is 270 g/mol. The Balaban J connectivity index is 2.35. The molecule has 108 valence electrons. The molecular formula is C10H14F2N8. The van der Waals surface area contributed by atoms with Crippen LogP contribution in [0.4, 0.5) is 20.7 Å². The Morgan fingerprint density at radius 2 is 2.15 bits per heavy atom. The van der Waals surface area contributed by atoms with Crippen LogP contribution in [0.3, 0.4) is 0 Å². The summed E-state index contributed by atoms with van der Waals surface area (Å²) in [5.41, 5.74) is 0. The zero-order chi connectivity index (χ0) is 14.5. The fourth-order valence-corrected chi connectivity index (χ4v) is 1.46. The minimum absolute atomic E-state index is 0.141. The average Bonchev–Trinajstić information content (AvgIpc) is 2.92. The van der Waals surface area contributed by atoms with Crippen LogP contribution in [0.2, 0.25) is 0 Å². The van der Waals surface area contributed by atoms with E-state index in [-0.39, 0.29) is 11.9 Å². The first kappa shape index (κ1) is 14.0. The summed E-state index contributed by atoms with van der Waals surface area (Å²) in [7, 11) is 1.49. The molecule has 0 spiro atoms. The van der Waals surface area contributed by atoms with Gasteiger partial charge >= 0.3 is 0 Å². The molecule has 2 aromatic rings. The summed E-state index contributed by atoms with van der Waals surface area (Å²) in [6.07, 6.45) is 0.274. The van der Waals surface area contributed by atoms with Crippen molar-refractivity contribution in [3.63, 3.8) is 0 Å². The van der Waals surface area contributed by atoms with E-state index in [1.165, 1.54) is 29.3 Å². The van der Waals surface area contributed by atoms with Crippen molar-refractivity contribution in [1.29, 1.82) is 0 Å². The summed E-state index contributed by atoms with van der Waals surface area (Å²) < 4.78 is 26.2. The van der Waals surface area contributed by atoms with E-state index in [0.717, 1.165) is 0 Å². The van der Waals surface area contributed by atoms with Gasteiger partial charge in [-0.15, -0.1) is 0 Å². The predicted molar refractivity (Wildman–Crippen MR) is 68.2 cm³/mol. The van der Waals surface area contributed by atoms with Gasteiger partial charge in [0.2, 0.25) is 11.9 Å². The monoisotopic (exact) mass is 284 g/mol. The van der Waals surface area contributed by atoms with Crippen LogP contribution in [0.1, 0.15) is 6.92 Å². The molecule has 10 heteroatoms. The third-order valence-corrected chi connectivity index (χ3v) is 2.32. The summed E-state index contributed by atoms with van der Waals surface area (Å²) in [6, 6.07) is 0. The first-order valence-electron chi connectivity index (χ1n) is 5.94. The first-order chi connectivity index (χ1) is 9.60. The Bertz CT molecular complexity index is 544. The molecule has 0 atom stereocenters. The normalized spacial score (nSPS) is 10.8. The Hall–Kier alpha value is -2.39. The highest BCUT2D eigenvalue weighted by atomic mass is 19.3. The van der Waals surface area contributed by atoms with Crippen LogP contribution >= 0.6 is 0 Å². The van der Waals surface area contributed by atoms with E-state index < -0.39 is 13.0 Å². The SMILES string of the molecule is CCNc1nc(N(C)CC(F)F)nc(-n2cncn2)n1. The Morgan fingerprint density at radius 1 is 1.35 bits per heavy atom. The van der Waals surface area contributed by atoms with Gasteiger partial charge in [0.1, 0.15) is 12.7 Å². The van der Waals surface area contributed by atoms with E-state index in [9.17, 15) is 8.78 Å². The van der Waals surface area contributed by atoms with Crippen molar-refractivity contribution in [2.24, 2.45) is 0 Å². The van der Waals surface area contributed by atoms with Crippen LogP contribution < -0.4 is 10.2 Å². The molecule has 0 amide bonds. The van der Waals surface area contributed by atoms with Gasteiger partial charge in [-0.1, -0.05) is 0 Å². The van der Waals surface area contributed by atoms with E-state index in [2.05, 4.69) is 30.4 Å². The summed E-state index contributed by atoms with van der Waals surface area (Å²) >= 11 is 0. The number of alkyl halides is 2. The lowest BCUT2D eigenvalue weighted by atomic mass is 10.6. The maximum atomic E-state index is 12.4. The smallest absolute Gasteiger partial charge is 0.258 e. The van der Waals surface area contributed by atoms with Gasteiger partial charge in [-0.05, 0) is 6.92 Å². The second-order valence-electron chi connectivity index (χ2n) is 3.90. The molecule has 0 saturated heterocycles. The minimum atomic E-state index is -2.48. The average molecular weight is 284 g/mol. The zero-order valence-corrected chi connectivity index (χ0v) is 11.0. The van der Waals surface area contributed by atoms with E-state index in [1.807, 2.05) is 6.92 Å². The van der Waals surface area contributed by atoms with Crippen molar-refractivity contribution in [3.8, 4) is 5.95 Å². The number of nitrogens with one attached hydrogen (secondary N) is 1. The number of nitrogens with zero attached hydrogens (tertiary/aromatic N) is 7. The second kappa shape index (κ2) is 6.17. The van der Waals surface area contributed by atoms with Crippen molar-refractivity contribution >= 4 is 11.9 Å². The van der Waals surface area contributed by atoms with Crippen LogP contribution in [0.5, 0.6) is 0 Å². The number of hydrogen-bond donors (Lipinski definition) is 1. The fraction of sp³-hybridized carbons (Fsp3) is 0.500. The number of hydrogen-bond acceptors (Lipinski definition) is 7. The minimum Gasteiger partial charge on any atom is -0.354 e. The van der Waals surface area contributed by atoms with Crippen LogP contribution in [0.15, 0.2) is 12.7 Å². The Morgan fingerprint density at radius 3 is 2.75 bits per heavy atom. The molecule has 0 bridgehead atoms. The van der Waals surface area contributed by atoms with Crippen LogP contribution in [-0.2, 0) is 0 Å². The summed E-state index contributed by atoms with van der Waals surface area (Å²) in [5.74, 6) is 0.649. The predicted octanol–water partition coefficient (Wildman–Crippen LogP) is 0.585. The van der Waals surface area contributed by atoms with Gasteiger partial charge in [0.25, 0.3) is 12.4 Å². The molecule has 2 aromatic heterocycles. The number of rotatable bonds is 6. The van der Waals surface area contributed by atoms with Crippen molar-refractivity contribution in [1.82, 2.24) is 29.7 Å². The summed E-state index contributed by atoms with van der Waals surface area (Å²) in [5, 5.41) is 6.83. The molecule has 0 aliphatic rings. The lowest BCUT2D eigenvalue weighted by Crippen LogP contribution is -2.27. The van der Waals surface area contributed by atoms with Crippen molar-refractivity contribution in [3.05, 3.63) is 12.7 Å². The maximum Gasteiger partial charge on any atom is 0.258 e. The topological polar surface area (TPSA) is 84.7 Å². The Kier molecular flexibility index (Phi) is 4.33. The molecule has 0 unspecified atom stereocenters. The number of aromatic nitrogens is 6. The van der Waals surface area contributed by atoms with Gasteiger partial charge < -0.3 is 10.2 Å². The fourth-order valence-electron chi connectivity index (χ4n) is 1.46. The van der Waals surface area contributed by atoms with Gasteiger partial charge in [0.15, 0.2) is 0 Å². The van der Waals surface area contributed by atoms with E-state index in [4.69, 9.17) is 0 Å². The van der Waals surface area contributed by atoms with E-state index in [1.54, 1.807) is 0 Å². The molecule has 0 aliphatic carbocycles. The van der Waals surface area contributed by atoms with E-state index in [0.29, 0.717) is 12.5 Å². The standard InChI is InChI=1S/C10H14F2N8/c1-3-14-8-16-9(19(2)4-7(11)12)18-10(17-8)20-6-13-5-15-20/h5-7H,3-4H2,1-2H3,(H,14,16,17,18). The second-order valence-corrected chi connectivity index (χ2v) is 3.90. The lowest BCUT2D eigenvalue weighted by molar-refractivity contribution is 0.156. The Labute approximate surface area is 113 Å². The van der Waals surface area contributed by atoms with Crippen LogP contribution in [0, 0.1) is 0 Å². The van der Waals surface area contributed by atoms with Gasteiger partial charge in [0.05, 0.1) is 6.54 Å². The quantitative estimate of drug-likeness (QED) is 0.830. The lowest BCUT2D eigenvalue weighted by Gasteiger charge is -2.17. The molecule has 1 N–H and O–H groups in total. The van der Waals surface area contributed by atoms with Crippen LogP contribution in [0.25, 0.3) is 5.95 Å². The molecule has 0 aromatic carbocycles. The number of anilines is 2. The van der Waals surface area contributed by atoms with E-state index >= 15 is 0 Å². The van der Waals surface area contributed by atoms with Crippen molar-refractivity contribution in [2.75, 3.05) is 30.4 Å². The van der Waals surface area contributed by atoms with Crippen molar-refractivity contribution < 1.29 is 8.78 Å². The van der Waals surface area contributed by atoms with Gasteiger partial charge in [-0.3, -0.25) is 0 Å². The molecule has 8 nitrogen and oxygen atoms in total. The zero-order valence-electron chi connectivity index (χ0n) is 11.0. The highest BCUT2D eigenvalue weighted by molar-refractivity contribution is 5.39. The molecule has 0 fully saturated rings. The van der Waals surface area contributed by atoms with Gasteiger partial charge in [-0.2, -0.15) is 24.7 Å². The molecule has 0 radical (unpaired) electrons. The highest BCUT2D eigenvalue weighted by Gasteiger charge is 2.15.